The van der Waals surface area contributed by atoms with Gasteiger partial charge in [0.25, 0.3) is 0 Å². The van der Waals surface area contributed by atoms with Crippen LogP contribution < -0.4 is 0 Å². The Kier molecular flexibility index (Phi) is 3.89. The normalized spacial score (nSPS) is 10.9. The largest absolute Gasteiger partial charge is 0.476 e. The van der Waals surface area contributed by atoms with Gasteiger partial charge in [0.15, 0.2) is 5.69 Å². The molecule has 6 heteroatoms. The molecule has 0 amide bonds. The van der Waals surface area contributed by atoms with Crippen LogP contribution >= 0.6 is 0 Å². The smallest absolute Gasteiger partial charge is 0.358 e. The Hall–Kier alpha value is -2.24. The van der Waals surface area contributed by atoms with Gasteiger partial charge in [-0.15, -0.1) is 5.10 Å². The van der Waals surface area contributed by atoms with Crippen molar-refractivity contribution >= 4 is 5.97 Å². The first kappa shape index (κ1) is 13.2. The summed E-state index contributed by atoms with van der Waals surface area (Å²) in [5, 5.41) is 16.8. The van der Waals surface area contributed by atoms with Crippen LogP contribution in [0.1, 0.15) is 35.6 Å². The van der Waals surface area contributed by atoms with Gasteiger partial charge >= 0.3 is 5.97 Å². The predicted octanol–water partition coefficient (Wildman–Crippen LogP) is 1.62. The number of carboxylic acids is 1. The van der Waals surface area contributed by atoms with Crippen LogP contribution in [0.3, 0.4) is 0 Å². The Morgan fingerprint density at radius 1 is 1.37 bits per heavy atom. The van der Waals surface area contributed by atoms with Gasteiger partial charge in [0.2, 0.25) is 0 Å². The molecule has 0 saturated heterocycles. The van der Waals surface area contributed by atoms with Crippen LogP contribution in [0.4, 0.5) is 0 Å². The highest BCUT2D eigenvalue weighted by Crippen LogP contribution is 2.13. The molecule has 0 aromatic carbocycles. The molecule has 0 bridgehead atoms. The fourth-order valence-corrected chi connectivity index (χ4v) is 1.88. The van der Waals surface area contributed by atoms with Crippen LogP contribution in [0.25, 0.3) is 0 Å². The number of carbonyl (C=O) groups is 1. The lowest BCUT2D eigenvalue weighted by molar-refractivity contribution is 0.0689. The second kappa shape index (κ2) is 5.60. The molecule has 0 aliphatic heterocycles. The minimum absolute atomic E-state index is 0.0442. The first-order valence-electron chi connectivity index (χ1n) is 6.12. The molecule has 0 unspecified atom stereocenters. The van der Waals surface area contributed by atoms with Crippen molar-refractivity contribution in [3.05, 3.63) is 41.5 Å². The lowest BCUT2D eigenvalue weighted by Gasteiger charge is -2.09. The number of rotatable bonds is 5. The fourth-order valence-electron chi connectivity index (χ4n) is 1.88. The van der Waals surface area contributed by atoms with Crippen molar-refractivity contribution in [3.63, 3.8) is 0 Å². The topological polar surface area (TPSA) is 80.9 Å². The molecular formula is C13H16N4O2. The van der Waals surface area contributed by atoms with E-state index in [1.165, 1.54) is 0 Å². The number of pyridine rings is 1. The number of nitrogens with zero attached hydrogens (tertiary/aromatic N) is 4. The molecule has 100 valence electrons. The zero-order valence-electron chi connectivity index (χ0n) is 10.9. The summed E-state index contributed by atoms with van der Waals surface area (Å²) in [6.07, 6.45) is 4.04. The van der Waals surface area contributed by atoms with Crippen LogP contribution in [0.2, 0.25) is 0 Å². The number of hydrogen-bond donors (Lipinski definition) is 1. The maximum absolute atomic E-state index is 11.1. The molecule has 2 aromatic heterocycles. The minimum atomic E-state index is -1.03. The average Bonchev–Trinajstić information content (AvgIpc) is 2.73. The molecule has 1 N–H and O–H groups in total. The molecule has 2 rings (SSSR count). The van der Waals surface area contributed by atoms with Gasteiger partial charge in [-0.2, -0.15) is 0 Å². The second-order valence-electron chi connectivity index (χ2n) is 4.80. The highest BCUT2D eigenvalue weighted by atomic mass is 16.4. The number of hydrogen-bond acceptors (Lipinski definition) is 4. The zero-order valence-corrected chi connectivity index (χ0v) is 10.9. The van der Waals surface area contributed by atoms with E-state index < -0.39 is 5.97 Å². The summed E-state index contributed by atoms with van der Waals surface area (Å²) in [4.78, 5) is 15.1. The predicted molar refractivity (Wildman–Crippen MR) is 68.9 cm³/mol. The van der Waals surface area contributed by atoms with Gasteiger partial charge in [-0.3, -0.25) is 4.98 Å². The second-order valence-corrected chi connectivity index (χ2v) is 4.80. The number of aromatic carboxylic acids is 1. The van der Waals surface area contributed by atoms with E-state index >= 15 is 0 Å². The fraction of sp³-hybridized carbons (Fsp3) is 0.385. The van der Waals surface area contributed by atoms with E-state index in [0.717, 1.165) is 5.56 Å². The summed E-state index contributed by atoms with van der Waals surface area (Å²) < 4.78 is 1.65. The molecule has 0 fully saturated rings. The standard InChI is InChI=1S/C13H16N4O2/c1-9(2)7-11-12(13(18)19)15-16-17(11)8-10-3-5-14-6-4-10/h3-6,9H,7-8H2,1-2H3,(H,18,19). The summed E-state index contributed by atoms with van der Waals surface area (Å²) in [6.45, 7) is 4.58. The van der Waals surface area contributed by atoms with Gasteiger partial charge in [-0.1, -0.05) is 19.1 Å². The average molecular weight is 260 g/mol. The maximum atomic E-state index is 11.1. The first-order chi connectivity index (χ1) is 9.08. The van der Waals surface area contributed by atoms with Crippen LogP contribution in [0.5, 0.6) is 0 Å². The van der Waals surface area contributed by atoms with E-state index in [1.807, 2.05) is 26.0 Å². The zero-order chi connectivity index (χ0) is 13.8. The van der Waals surface area contributed by atoms with E-state index in [0.29, 0.717) is 24.6 Å². The molecule has 0 saturated carbocycles. The van der Waals surface area contributed by atoms with Gasteiger partial charge in [-0.25, -0.2) is 9.48 Å². The molecule has 0 aliphatic carbocycles. The van der Waals surface area contributed by atoms with Gasteiger partial charge in [-0.05, 0) is 30.0 Å². The molecule has 0 radical (unpaired) electrons. The lowest BCUT2D eigenvalue weighted by Crippen LogP contribution is -2.11. The first-order valence-corrected chi connectivity index (χ1v) is 6.12. The van der Waals surface area contributed by atoms with Crippen molar-refractivity contribution in [2.75, 3.05) is 0 Å². The Bertz CT molecular complexity index is 563. The summed E-state index contributed by atoms with van der Waals surface area (Å²) >= 11 is 0. The van der Waals surface area contributed by atoms with Crippen LogP contribution in [-0.2, 0) is 13.0 Å². The molecule has 6 nitrogen and oxygen atoms in total. The molecule has 0 spiro atoms. The highest BCUT2D eigenvalue weighted by molar-refractivity contribution is 5.86. The Labute approximate surface area is 111 Å². The summed E-state index contributed by atoms with van der Waals surface area (Å²) in [6, 6.07) is 3.75. The third-order valence-corrected chi connectivity index (χ3v) is 2.72. The molecule has 19 heavy (non-hydrogen) atoms. The number of carboxylic acid groups (broad SMARTS) is 1. The van der Waals surface area contributed by atoms with Crippen molar-refractivity contribution in [3.8, 4) is 0 Å². The van der Waals surface area contributed by atoms with Crippen LogP contribution in [0, 0.1) is 5.92 Å². The van der Waals surface area contributed by atoms with Gasteiger partial charge in [0, 0.05) is 12.4 Å². The van der Waals surface area contributed by atoms with Crippen molar-refractivity contribution in [1.29, 1.82) is 0 Å². The van der Waals surface area contributed by atoms with Crippen molar-refractivity contribution < 1.29 is 9.90 Å². The number of aromatic nitrogens is 4. The van der Waals surface area contributed by atoms with E-state index in [9.17, 15) is 4.79 Å². The van der Waals surface area contributed by atoms with Gasteiger partial charge < -0.3 is 5.11 Å². The van der Waals surface area contributed by atoms with Crippen LogP contribution in [-0.4, -0.2) is 31.1 Å². The van der Waals surface area contributed by atoms with E-state index in [2.05, 4.69) is 15.3 Å². The summed E-state index contributed by atoms with van der Waals surface area (Å²) in [5.41, 5.74) is 1.73. The Morgan fingerprint density at radius 2 is 2.05 bits per heavy atom. The van der Waals surface area contributed by atoms with Crippen molar-refractivity contribution in [1.82, 2.24) is 20.0 Å². The monoisotopic (exact) mass is 260 g/mol. The van der Waals surface area contributed by atoms with E-state index in [1.54, 1.807) is 17.1 Å². The van der Waals surface area contributed by atoms with Crippen molar-refractivity contribution in [2.24, 2.45) is 5.92 Å². The lowest BCUT2D eigenvalue weighted by atomic mass is 10.1. The third-order valence-electron chi connectivity index (χ3n) is 2.72. The molecular weight excluding hydrogens is 244 g/mol. The summed E-state index contributed by atoms with van der Waals surface area (Å²) in [5.74, 6) is -0.690. The SMILES string of the molecule is CC(C)Cc1c(C(=O)O)nnn1Cc1ccncc1. The van der Waals surface area contributed by atoms with E-state index in [4.69, 9.17) is 5.11 Å². The molecule has 2 heterocycles. The maximum Gasteiger partial charge on any atom is 0.358 e. The Balaban J connectivity index is 2.32. The van der Waals surface area contributed by atoms with Crippen LogP contribution in [0.15, 0.2) is 24.5 Å². The van der Waals surface area contributed by atoms with E-state index in [-0.39, 0.29) is 5.69 Å². The summed E-state index contributed by atoms with van der Waals surface area (Å²) in [7, 11) is 0. The molecule has 2 aromatic rings. The van der Waals surface area contributed by atoms with Gasteiger partial charge in [0.1, 0.15) is 0 Å². The van der Waals surface area contributed by atoms with Crippen molar-refractivity contribution in [2.45, 2.75) is 26.8 Å². The Morgan fingerprint density at radius 3 is 2.63 bits per heavy atom. The minimum Gasteiger partial charge on any atom is -0.476 e. The molecule has 0 atom stereocenters. The highest BCUT2D eigenvalue weighted by Gasteiger charge is 2.19. The van der Waals surface area contributed by atoms with Gasteiger partial charge in [0.05, 0.1) is 12.2 Å². The third kappa shape index (κ3) is 3.15. The quantitative estimate of drug-likeness (QED) is 0.883. The molecule has 0 aliphatic rings.